The number of benzene rings is 2. The summed E-state index contributed by atoms with van der Waals surface area (Å²) in [5, 5.41) is 3.69. The Bertz CT molecular complexity index is 575. The van der Waals surface area contributed by atoms with Crippen LogP contribution in [0.2, 0.25) is 5.02 Å². The number of hydrogen-bond acceptors (Lipinski definition) is 1. The van der Waals surface area contributed by atoms with Crippen LogP contribution in [0, 0.1) is 6.92 Å². The quantitative estimate of drug-likeness (QED) is 0.902. The molecular formula is C17H18ClNO. The molecule has 0 radical (unpaired) electrons. The summed E-state index contributed by atoms with van der Waals surface area (Å²) in [5.41, 5.74) is 3.29. The van der Waals surface area contributed by atoms with Crippen molar-refractivity contribution in [1.82, 2.24) is 5.32 Å². The van der Waals surface area contributed by atoms with Crippen LogP contribution < -0.4 is 5.32 Å². The van der Waals surface area contributed by atoms with Gasteiger partial charge in [0.1, 0.15) is 0 Å². The van der Waals surface area contributed by atoms with Gasteiger partial charge >= 0.3 is 0 Å². The Morgan fingerprint density at radius 2 is 1.70 bits per heavy atom. The number of amides is 1. The first-order valence-electron chi connectivity index (χ1n) is 6.65. The largest absolute Gasteiger partial charge is 0.349 e. The Hall–Kier alpha value is -1.80. The maximum absolute atomic E-state index is 12.0. The molecule has 3 heteroatoms. The number of carbonyl (C=O) groups excluding carboxylic acids is 1. The van der Waals surface area contributed by atoms with Gasteiger partial charge in [-0.1, -0.05) is 53.6 Å². The van der Waals surface area contributed by atoms with E-state index in [0.717, 1.165) is 11.1 Å². The van der Waals surface area contributed by atoms with Crippen LogP contribution in [-0.2, 0) is 11.2 Å². The molecule has 0 aromatic heterocycles. The predicted octanol–water partition coefficient (Wildman–Crippen LogP) is 4.07. The molecular weight excluding hydrogens is 270 g/mol. The fourth-order valence-corrected chi connectivity index (χ4v) is 2.14. The number of aryl methyl sites for hydroxylation is 1. The molecule has 20 heavy (non-hydrogen) atoms. The Morgan fingerprint density at radius 1 is 1.10 bits per heavy atom. The number of carbonyl (C=O) groups is 1. The average molecular weight is 288 g/mol. The molecule has 1 N–H and O–H groups in total. The summed E-state index contributed by atoms with van der Waals surface area (Å²) in [5.74, 6) is 0.0143. The number of nitrogens with one attached hydrogen (secondary N) is 1. The molecule has 0 spiro atoms. The molecule has 0 fully saturated rings. The van der Waals surface area contributed by atoms with Crippen LogP contribution in [-0.4, -0.2) is 5.91 Å². The highest BCUT2D eigenvalue weighted by molar-refractivity contribution is 6.30. The predicted molar refractivity (Wildman–Crippen MR) is 82.9 cm³/mol. The summed E-state index contributed by atoms with van der Waals surface area (Å²) in [6, 6.07) is 15.5. The zero-order valence-corrected chi connectivity index (χ0v) is 12.4. The molecule has 2 aromatic rings. The van der Waals surface area contributed by atoms with Crippen molar-refractivity contribution in [3.8, 4) is 0 Å². The lowest BCUT2D eigenvalue weighted by Crippen LogP contribution is -2.28. The molecule has 104 valence electrons. The van der Waals surface area contributed by atoms with Gasteiger partial charge < -0.3 is 5.32 Å². The van der Waals surface area contributed by atoms with E-state index in [1.165, 1.54) is 5.56 Å². The number of hydrogen-bond donors (Lipinski definition) is 1. The molecule has 2 rings (SSSR count). The number of halogens is 1. The molecule has 0 saturated heterocycles. The molecule has 2 aromatic carbocycles. The second-order valence-corrected chi connectivity index (χ2v) is 5.44. The highest BCUT2D eigenvalue weighted by Crippen LogP contribution is 2.14. The third kappa shape index (κ3) is 4.10. The summed E-state index contributed by atoms with van der Waals surface area (Å²) < 4.78 is 0. The summed E-state index contributed by atoms with van der Waals surface area (Å²) >= 11 is 5.82. The second-order valence-electron chi connectivity index (χ2n) is 5.00. The summed E-state index contributed by atoms with van der Waals surface area (Å²) in [6.07, 6.45) is 0.368. The van der Waals surface area contributed by atoms with Crippen LogP contribution in [0.15, 0.2) is 48.5 Å². The zero-order valence-electron chi connectivity index (χ0n) is 11.7. The molecule has 2 nitrogen and oxygen atoms in total. The van der Waals surface area contributed by atoms with E-state index in [-0.39, 0.29) is 11.9 Å². The summed E-state index contributed by atoms with van der Waals surface area (Å²) in [7, 11) is 0. The molecule has 0 heterocycles. The lowest BCUT2D eigenvalue weighted by atomic mass is 10.1. The van der Waals surface area contributed by atoms with Crippen LogP contribution in [0.4, 0.5) is 0 Å². The molecule has 1 unspecified atom stereocenters. The van der Waals surface area contributed by atoms with E-state index in [1.807, 2.05) is 38.1 Å². The van der Waals surface area contributed by atoms with E-state index < -0.39 is 0 Å². The third-order valence-corrected chi connectivity index (χ3v) is 3.48. The lowest BCUT2D eigenvalue weighted by Gasteiger charge is -2.14. The van der Waals surface area contributed by atoms with Crippen molar-refractivity contribution < 1.29 is 4.79 Å². The second kappa shape index (κ2) is 6.58. The van der Waals surface area contributed by atoms with Crippen molar-refractivity contribution in [2.24, 2.45) is 0 Å². The van der Waals surface area contributed by atoms with Gasteiger partial charge in [0.15, 0.2) is 0 Å². The highest BCUT2D eigenvalue weighted by Gasteiger charge is 2.09. The van der Waals surface area contributed by atoms with Gasteiger partial charge in [-0.3, -0.25) is 4.79 Å². The molecule has 1 amide bonds. The van der Waals surface area contributed by atoms with E-state index in [2.05, 4.69) is 17.4 Å². The minimum Gasteiger partial charge on any atom is -0.349 e. The normalized spacial score (nSPS) is 11.9. The SMILES string of the molecule is Cc1ccc(C(C)NC(=O)Cc2ccc(Cl)cc2)cc1. The minimum atomic E-state index is 0.00963. The van der Waals surface area contributed by atoms with E-state index >= 15 is 0 Å². The van der Waals surface area contributed by atoms with E-state index in [9.17, 15) is 4.79 Å². The Balaban J connectivity index is 1.93. The van der Waals surface area contributed by atoms with Crippen molar-refractivity contribution in [3.63, 3.8) is 0 Å². The van der Waals surface area contributed by atoms with Crippen LogP contribution in [0.25, 0.3) is 0 Å². The van der Waals surface area contributed by atoms with Gasteiger partial charge in [0, 0.05) is 5.02 Å². The van der Waals surface area contributed by atoms with E-state index in [1.54, 1.807) is 12.1 Å². The van der Waals surface area contributed by atoms with Gasteiger partial charge in [0.05, 0.1) is 12.5 Å². The topological polar surface area (TPSA) is 29.1 Å². The van der Waals surface area contributed by atoms with Gasteiger partial charge in [-0.2, -0.15) is 0 Å². The number of rotatable bonds is 4. The van der Waals surface area contributed by atoms with Crippen LogP contribution in [0.5, 0.6) is 0 Å². The molecule has 0 aliphatic carbocycles. The molecule has 0 aliphatic rings. The highest BCUT2D eigenvalue weighted by atomic mass is 35.5. The fourth-order valence-electron chi connectivity index (χ4n) is 2.02. The average Bonchev–Trinajstić information content (AvgIpc) is 2.42. The van der Waals surface area contributed by atoms with Gasteiger partial charge in [0.2, 0.25) is 5.91 Å². The first-order chi connectivity index (χ1) is 9.54. The van der Waals surface area contributed by atoms with E-state index in [0.29, 0.717) is 11.4 Å². The van der Waals surface area contributed by atoms with Crippen molar-refractivity contribution in [2.45, 2.75) is 26.3 Å². The van der Waals surface area contributed by atoms with Gasteiger partial charge in [-0.25, -0.2) is 0 Å². The minimum absolute atomic E-state index is 0.00963. The lowest BCUT2D eigenvalue weighted by molar-refractivity contribution is -0.121. The van der Waals surface area contributed by atoms with Crippen molar-refractivity contribution in [3.05, 3.63) is 70.2 Å². The first kappa shape index (κ1) is 14.6. The summed E-state index contributed by atoms with van der Waals surface area (Å²) in [4.78, 5) is 12.0. The first-order valence-corrected chi connectivity index (χ1v) is 7.03. The van der Waals surface area contributed by atoms with Gasteiger partial charge in [0.25, 0.3) is 0 Å². The molecule has 0 bridgehead atoms. The Morgan fingerprint density at radius 3 is 2.30 bits per heavy atom. The maximum Gasteiger partial charge on any atom is 0.224 e. The van der Waals surface area contributed by atoms with Crippen molar-refractivity contribution in [1.29, 1.82) is 0 Å². The fraction of sp³-hybridized carbons (Fsp3) is 0.235. The third-order valence-electron chi connectivity index (χ3n) is 3.23. The van der Waals surface area contributed by atoms with Gasteiger partial charge in [-0.05, 0) is 37.1 Å². The maximum atomic E-state index is 12.0. The van der Waals surface area contributed by atoms with Crippen molar-refractivity contribution >= 4 is 17.5 Å². The van der Waals surface area contributed by atoms with Gasteiger partial charge in [-0.15, -0.1) is 0 Å². The standard InChI is InChI=1S/C17H18ClNO/c1-12-3-7-15(8-4-12)13(2)19-17(20)11-14-5-9-16(18)10-6-14/h3-10,13H,11H2,1-2H3,(H,19,20). The molecule has 0 aliphatic heterocycles. The summed E-state index contributed by atoms with van der Waals surface area (Å²) in [6.45, 7) is 4.04. The zero-order chi connectivity index (χ0) is 14.5. The van der Waals surface area contributed by atoms with Crippen LogP contribution >= 0.6 is 11.6 Å². The smallest absolute Gasteiger partial charge is 0.224 e. The van der Waals surface area contributed by atoms with E-state index in [4.69, 9.17) is 11.6 Å². The van der Waals surface area contributed by atoms with Crippen LogP contribution in [0.1, 0.15) is 29.7 Å². The van der Waals surface area contributed by atoms with Crippen molar-refractivity contribution in [2.75, 3.05) is 0 Å². The Labute approximate surface area is 124 Å². The van der Waals surface area contributed by atoms with Crippen LogP contribution in [0.3, 0.4) is 0 Å². The monoisotopic (exact) mass is 287 g/mol. The Kier molecular flexibility index (Phi) is 4.80. The molecule has 1 atom stereocenters. The molecule has 0 saturated carbocycles.